The number of amidine groups is 1. The first-order valence-corrected chi connectivity index (χ1v) is 10.1. The maximum Gasteiger partial charge on any atom is 0.263 e. The van der Waals surface area contributed by atoms with Crippen LogP contribution in [0.5, 0.6) is 0 Å². The van der Waals surface area contributed by atoms with Crippen LogP contribution in [0.15, 0.2) is 34.2 Å². The standard InChI is InChI=1S/C17H22N4O3S/c1-21(13-8-11-6-7-12(9-13)19-11)16(22)10-18-17-14-4-2-3-5-15(14)25(23,24)20-17/h2-5,11-13,19H,6-10H2,1H3,(H,18,20). The van der Waals surface area contributed by atoms with Crippen molar-refractivity contribution in [3.05, 3.63) is 29.8 Å². The van der Waals surface area contributed by atoms with Crippen LogP contribution in [0.3, 0.4) is 0 Å². The molecule has 2 atom stereocenters. The number of nitrogens with zero attached hydrogens (tertiary/aromatic N) is 2. The Morgan fingerprint density at radius 1 is 1.24 bits per heavy atom. The summed E-state index contributed by atoms with van der Waals surface area (Å²) in [5.74, 6) is 0.171. The van der Waals surface area contributed by atoms with Crippen molar-refractivity contribution in [3.8, 4) is 0 Å². The highest BCUT2D eigenvalue weighted by Crippen LogP contribution is 2.29. The van der Waals surface area contributed by atoms with E-state index in [-0.39, 0.29) is 29.2 Å². The van der Waals surface area contributed by atoms with Crippen molar-refractivity contribution in [1.29, 1.82) is 0 Å². The monoisotopic (exact) mass is 362 g/mol. The fourth-order valence-corrected chi connectivity index (χ4v) is 5.31. The first-order valence-electron chi connectivity index (χ1n) is 8.62. The van der Waals surface area contributed by atoms with Crippen LogP contribution >= 0.6 is 0 Å². The second-order valence-corrected chi connectivity index (χ2v) is 8.69. The van der Waals surface area contributed by atoms with Crippen molar-refractivity contribution in [2.45, 2.75) is 48.7 Å². The zero-order chi connectivity index (χ0) is 17.6. The average molecular weight is 362 g/mol. The van der Waals surface area contributed by atoms with Gasteiger partial charge in [0.05, 0.1) is 4.90 Å². The normalized spacial score (nSPS) is 30.8. The molecule has 0 saturated carbocycles. The number of hydrogen-bond acceptors (Lipinski definition) is 5. The summed E-state index contributed by atoms with van der Waals surface area (Å²) in [6, 6.07) is 7.93. The average Bonchev–Trinajstić information content (AvgIpc) is 3.08. The number of carbonyl (C=O) groups is 1. The van der Waals surface area contributed by atoms with Crippen LogP contribution in [0.4, 0.5) is 0 Å². The molecular weight excluding hydrogens is 340 g/mol. The first-order chi connectivity index (χ1) is 11.9. The zero-order valence-corrected chi connectivity index (χ0v) is 14.9. The third-order valence-electron chi connectivity index (χ3n) is 5.42. The molecule has 2 fully saturated rings. The number of rotatable bonds is 3. The lowest BCUT2D eigenvalue weighted by Crippen LogP contribution is -2.49. The molecule has 8 heteroatoms. The molecule has 3 aliphatic heterocycles. The predicted octanol–water partition coefficient (Wildman–Crippen LogP) is 0.467. The Morgan fingerprint density at radius 2 is 1.92 bits per heavy atom. The molecule has 2 saturated heterocycles. The Bertz CT molecular complexity index is 824. The van der Waals surface area contributed by atoms with Crippen LogP contribution in [0.25, 0.3) is 0 Å². The number of amides is 1. The van der Waals surface area contributed by atoms with Crippen LogP contribution in [0.2, 0.25) is 0 Å². The SMILES string of the molecule is CN(C(=O)CN=C1NS(=O)(=O)c2ccccc21)C1CC2CCC(C1)N2. The molecule has 2 bridgehead atoms. The fourth-order valence-electron chi connectivity index (χ4n) is 4.06. The Labute approximate surface area is 147 Å². The van der Waals surface area contributed by atoms with E-state index in [1.54, 1.807) is 29.2 Å². The summed E-state index contributed by atoms with van der Waals surface area (Å²) in [4.78, 5) is 18.8. The molecule has 1 aromatic carbocycles. The van der Waals surface area contributed by atoms with Gasteiger partial charge < -0.3 is 10.2 Å². The van der Waals surface area contributed by atoms with Crippen molar-refractivity contribution in [3.63, 3.8) is 0 Å². The van der Waals surface area contributed by atoms with Crippen molar-refractivity contribution >= 4 is 21.8 Å². The minimum Gasteiger partial charge on any atom is -0.341 e. The highest BCUT2D eigenvalue weighted by molar-refractivity contribution is 7.90. The van der Waals surface area contributed by atoms with Crippen LogP contribution < -0.4 is 10.0 Å². The molecule has 4 rings (SSSR count). The molecule has 0 aromatic heterocycles. The third kappa shape index (κ3) is 3.04. The van der Waals surface area contributed by atoms with Crippen molar-refractivity contribution in [1.82, 2.24) is 14.9 Å². The molecule has 1 aromatic rings. The number of hydrogen-bond donors (Lipinski definition) is 2. The van der Waals surface area contributed by atoms with Gasteiger partial charge in [0.1, 0.15) is 12.4 Å². The van der Waals surface area contributed by atoms with E-state index < -0.39 is 10.0 Å². The van der Waals surface area contributed by atoms with Crippen LogP contribution in [-0.4, -0.2) is 56.8 Å². The summed E-state index contributed by atoms with van der Waals surface area (Å²) < 4.78 is 26.6. The maximum absolute atomic E-state index is 12.5. The third-order valence-corrected chi connectivity index (χ3v) is 6.82. The van der Waals surface area contributed by atoms with Crippen LogP contribution in [0.1, 0.15) is 31.2 Å². The van der Waals surface area contributed by atoms with Crippen molar-refractivity contribution in [2.24, 2.45) is 4.99 Å². The molecule has 0 spiro atoms. The molecule has 2 N–H and O–H groups in total. The summed E-state index contributed by atoms with van der Waals surface area (Å²) in [5.41, 5.74) is 0.526. The second-order valence-electron chi connectivity index (χ2n) is 7.03. The molecule has 1 amide bonds. The lowest BCUT2D eigenvalue weighted by atomic mass is 9.98. The van der Waals surface area contributed by atoms with E-state index in [1.807, 2.05) is 7.05 Å². The van der Waals surface area contributed by atoms with Gasteiger partial charge in [-0.3, -0.25) is 14.5 Å². The maximum atomic E-state index is 12.5. The minimum absolute atomic E-state index is 0.0536. The van der Waals surface area contributed by atoms with Gasteiger partial charge in [-0.1, -0.05) is 12.1 Å². The van der Waals surface area contributed by atoms with E-state index in [4.69, 9.17) is 0 Å². The van der Waals surface area contributed by atoms with Crippen LogP contribution in [0, 0.1) is 0 Å². The van der Waals surface area contributed by atoms with E-state index in [0.717, 1.165) is 12.8 Å². The smallest absolute Gasteiger partial charge is 0.263 e. The number of nitrogens with one attached hydrogen (secondary N) is 2. The summed E-state index contributed by atoms with van der Waals surface area (Å²) in [6.07, 6.45) is 4.32. The fraction of sp³-hybridized carbons (Fsp3) is 0.529. The number of fused-ring (bicyclic) bond motifs is 3. The van der Waals surface area contributed by atoms with Gasteiger partial charge in [-0.05, 0) is 37.8 Å². The number of aliphatic imine (C=N–C) groups is 1. The Kier molecular flexibility index (Phi) is 4.04. The topological polar surface area (TPSA) is 90.9 Å². The van der Waals surface area contributed by atoms with Gasteiger partial charge in [-0.2, -0.15) is 0 Å². The molecule has 0 aliphatic carbocycles. The van der Waals surface area contributed by atoms with Gasteiger partial charge >= 0.3 is 0 Å². The van der Waals surface area contributed by atoms with Gasteiger partial charge in [-0.25, -0.2) is 8.42 Å². The number of carbonyl (C=O) groups excluding carboxylic acids is 1. The Balaban J connectivity index is 1.46. The van der Waals surface area contributed by atoms with Crippen molar-refractivity contribution < 1.29 is 13.2 Å². The highest BCUT2D eigenvalue weighted by atomic mass is 32.2. The molecule has 7 nitrogen and oxygen atoms in total. The van der Waals surface area contributed by atoms with E-state index in [9.17, 15) is 13.2 Å². The lowest BCUT2D eigenvalue weighted by molar-refractivity contribution is -0.131. The van der Waals surface area contributed by atoms with Gasteiger partial charge in [0.15, 0.2) is 0 Å². The molecule has 3 heterocycles. The molecule has 2 unspecified atom stereocenters. The quantitative estimate of drug-likeness (QED) is 0.818. The predicted molar refractivity (Wildman–Crippen MR) is 93.9 cm³/mol. The summed E-state index contributed by atoms with van der Waals surface area (Å²) in [5, 5.41) is 3.57. The number of piperidine rings is 1. The molecule has 25 heavy (non-hydrogen) atoms. The van der Waals surface area contributed by atoms with Gasteiger partial charge in [0.25, 0.3) is 10.0 Å². The van der Waals surface area contributed by atoms with E-state index in [2.05, 4.69) is 15.0 Å². The molecular formula is C17H22N4O3S. The minimum atomic E-state index is -3.56. The highest BCUT2D eigenvalue weighted by Gasteiger charge is 2.36. The van der Waals surface area contributed by atoms with E-state index >= 15 is 0 Å². The number of sulfonamides is 1. The summed E-state index contributed by atoms with van der Waals surface area (Å²) in [7, 11) is -1.74. The van der Waals surface area contributed by atoms with Crippen LogP contribution in [-0.2, 0) is 14.8 Å². The Hall–Kier alpha value is -1.93. The molecule has 134 valence electrons. The zero-order valence-electron chi connectivity index (χ0n) is 14.1. The van der Waals surface area contributed by atoms with Gasteiger partial charge in [0, 0.05) is 30.7 Å². The summed E-state index contributed by atoms with van der Waals surface area (Å²) in [6.45, 7) is -0.0536. The summed E-state index contributed by atoms with van der Waals surface area (Å²) >= 11 is 0. The van der Waals surface area contributed by atoms with E-state index in [0.29, 0.717) is 17.6 Å². The number of likely N-dealkylation sites (N-methyl/N-ethyl adjacent to an activating group) is 1. The van der Waals surface area contributed by atoms with Crippen molar-refractivity contribution in [2.75, 3.05) is 13.6 Å². The largest absolute Gasteiger partial charge is 0.341 e. The molecule has 0 radical (unpaired) electrons. The first kappa shape index (κ1) is 16.5. The Morgan fingerprint density at radius 3 is 2.64 bits per heavy atom. The van der Waals surface area contributed by atoms with Gasteiger partial charge in [-0.15, -0.1) is 0 Å². The second kappa shape index (κ2) is 6.10. The lowest BCUT2D eigenvalue weighted by Gasteiger charge is -2.35. The van der Waals surface area contributed by atoms with E-state index in [1.165, 1.54) is 12.8 Å². The molecule has 3 aliphatic rings. The number of benzene rings is 1. The van der Waals surface area contributed by atoms with Gasteiger partial charge in [0.2, 0.25) is 5.91 Å².